The highest BCUT2D eigenvalue weighted by Gasteiger charge is 2.30. The van der Waals surface area contributed by atoms with Crippen molar-refractivity contribution in [3.8, 4) is 67.5 Å². The Morgan fingerprint density at radius 3 is 1.81 bits per heavy atom. The lowest BCUT2D eigenvalue weighted by Gasteiger charge is -2.28. The average molecular weight is 804 g/mol. The maximum Gasteiger partial charge on any atom is 0.149 e. The summed E-state index contributed by atoms with van der Waals surface area (Å²) in [6, 6.07) is 62.3. The van der Waals surface area contributed by atoms with Crippen LogP contribution in [0.4, 0.5) is 0 Å². The van der Waals surface area contributed by atoms with Crippen molar-refractivity contribution in [2.24, 2.45) is 0 Å². The van der Waals surface area contributed by atoms with Gasteiger partial charge in [0.2, 0.25) is 0 Å². The zero-order valence-electron chi connectivity index (χ0n) is 36.1. The number of hydrogen-bond acceptors (Lipinski definition) is 3. The van der Waals surface area contributed by atoms with Gasteiger partial charge in [-0.3, -0.25) is 9.55 Å². The van der Waals surface area contributed by atoms with Gasteiger partial charge < -0.3 is 5.11 Å². The SMILES string of the molecule is CC(C)(C)c1cc(-c2nc3c(-c4cc(-c5ccccc5)cc(-c5nccc6ccccc56)c4)cccc3n2-c2c(-c3ccccc3)ccc3ccccc23)c(O)c(C(C)(C)C)c1. The van der Waals surface area contributed by atoms with Crippen LogP contribution >= 0.6 is 0 Å². The van der Waals surface area contributed by atoms with Crippen LogP contribution < -0.4 is 0 Å². The molecular weight excluding hydrogens is 755 g/mol. The molecular formula is C58H49N3O. The molecule has 0 radical (unpaired) electrons. The molecule has 4 nitrogen and oxygen atoms in total. The second kappa shape index (κ2) is 15.0. The Morgan fingerprint density at radius 1 is 0.468 bits per heavy atom. The summed E-state index contributed by atoms with van der Waals surface area (Å²) in [6.45, 7) is 13.2. The molecule has 0 fully saturated rings. The Balaban J connectivity index is 1.34. The minimum absolute atomic E-state index is 0.191. The van der Waals surface area contributed by atoms with Crippen molar-refractivity contribution in [2.75, 3.05) is 0 Å². The number of phenolic OH excluding ortho intramolecular Hbond substituents is 1. The number of phenols is 1. The smallest absolute Gasteiger partial charge is 0.149 e. The fraction of sp³-hybridized carbons (Fsp3) is 0.138. The van der Waals surface area contributed by atoms with Crippen molar-refractivity contribution in [2.45, 2.75) is 52.4 Å². The molecule has 0 unspecified atom stereocenters. The first-order valence-corrected chi connectivity index (χ1v) is 21.5. The summed E-state index contributed by atoms with van der Waals surface area (Å²) < 4.78 is 2.31. The van der Waals surface area contributed by atoms with E-state index in [4.69, 9.17) is 9.97 Å². The Labute approximate surface area is 363 Å². The van der Waals surface area contributed by atoms with Crippen LogP contribution in [0.3, 0.4) is 0 Å². The first-order chi connectivity index (χ1) is 29.9. The van der Waals surface area contributed by atoms with E-state index < -0.39 is 0 Å². The molecule has 0 atom stereocenters. The van der Waals surface area contributed by atoms with Crippen LogP contribution in [0.1, 0.15) is 52.7 Å². The van der Waals surface area contributed by atoms with Crippen LogP contribution in [-0.4, -0.2) is 19.6 Å². The number of aromatic nitrogens is 3. The molecule has 2 aromatic heterocycles. The Kier molecular flexibility index (Phi) is 9.41. The van der Waals surface area contributed by atoms with Gasteiger partial charge in [0.05, 0.1) is 28.0 Å². The topological polar surface area (TPSA) is 50.9 Å². The highest BCUT2D eigenvalue weighted by Crippen LogP contribution is 2.47. The first kappa shape index (κ1) is 38.9. The largest absolute Gasteiger partial charge is 0.507 e. The van der Waals surface area contributed by atoms with E-state index in [1.807, 2.05) is 6.20 Å². The third-order valence-corrected chi connectivity index (χ3v) is 12.2. The minimum Gasteiger partial charge on any atom is -0.507 e. The zero-order chi connectivity index (χ0) is 42.8. The van der Waals surface area contributed by atoms with E-state index in [1.54, 1.807) is 0 Å². The third-order valence-electron chi connectivity index (χ3n) is 12.2. The summed E-state index contributed by atoms with van der Waals surface area (Å²) in [5.74, 6) is 0.936. The lowest BCUT2D eigenvalue weighted by Crippen LogP contribution is -2.17. The molecule has 1 N–H and O–H groups in total. The molecule has 0 amide bonds. The predicted octanol–water partition coefficient (Wildman–Crippen LogP) is 15.4. The first-order valence-electron chi connectivity index (χ1n) is 21.5. The lowest BCUT2D eigenvalue weighted by atomic mass is 9.79. The monoisotopic (exact) mass is 803 g/mol. The summed E-state index contributed by atoms with van der Waals surface area (Å²) in [6.07, 6.45) is 1.90. The van der Waals surface area contributed by atoms with Gasteiger partial charge in [-0.15, -0.1) is 0 Å². The highest BCUT2D eigenvalue weighted by molar-refractivity contribution is 6.04. The molecule has 0 saturated heterocycles. The Hall–Kier alpha value is -7.30. The molecule has 8 aromatic carbocycles. The quantitative estimate of drug-likeness (QED) is 0.182. The normalized spacial score (nSPS) is 12.1. The van der Waals surface area contributed by atoms with Crippen LogP contribution in [0.25, 0.3) is 94.3 Å². The number of pyridine rings is 1. The van der Waals surface area contributed by atoms with Gasteiger partial charge >= 0.3 is 0 Å². The van der Waals surface area contributed by atoms with Gasteiger partial charge in [0, 0.05) is 39.2 Å². The molecule has 0 aliphatic heterocycles. The fourth-order valence-corrected chi connectivity index (χ4v) is 8.96. The van der Waals surface area contributed by atoms with Gasteiger partial charge in [0.15, 0.2) is 0 Å². The van der Waals surface area contributed by atoms with Crippen LogP contribution in [0.2, 0.25) is 0 Å². The van der Waals surface area contributed by atoms with Gasteiger partial charge in [-0.1, -0.05) is 181 Å². The van der Waals surface area contributed by atoms with E-state index in [0.29, 0.717) is 11.4 Å². The summed E-state index contributed by atoms with van der Waals surface area (Å²) in [5.41, 5.74) is 13.4. The van der Waals surface area contributed by atoms with E-state index in [-0.39, 0.29) is 16.6 Å². The van der Waals surface area contributed by atoms with Gasteiger partial charge in [-0.25, -0.2) is 4.98 Å². The molecule has 0 aliphatic carbocycles. The summed E-state index contributed by atoms with van der Waals surface area (Å²) >= 11 is 0. The number of aromatic hydroxyl groups is 1. The molecule has 0 aliphatic rings. The van der Waals surface area contributed by atoms with E-state index in [0.717, 1.165) is 94.0 Å². The standard InChI is InChI=1S/C58H49N3O/c1-57(2,3)44-35-49(55(62)50(36-44)58(4,5)6)56-60-53-46(26-17-27-51(53)61(56)54-47-25-16-14-22-39(47)28-29-48(54)38-20-11-8-12-21-38)42-32-41(37-18-9-7-10-19-37)33-43(34-42)52-45-24-15-13-23-40(45)30-31-59-52/h7-36,62H,1-6H3. The minimum atomic E-state index is -0.333. The average Bonchev–Trinajstić information content (AvgIpc) is 3.67. The fourth-order valence-electron chi connectivity index (χ4n) is 8.96. The van der Waals surface area contributed by atoms with Crippen LogP contribution in [0.15, 0.2) is 182 Å². The van der Waals surface area contributed by atoms with E-state index in [9.17, 15) is 5.11 Å². The molecule has 10 aromatic rings. The van der Waals surface area contributed by atoms with Crippen molar-refractivity contribution in [3.63, 3.8) is 0 Å². The van der Waals surface area contributed by atoms with E-state index >= 15 is 0 Å². The summed E-state index contributed by atoms with van der Waals surface area (Å²) in [5, 5.41) is 17.1. The van der Waals surface area contributed by atoms with Crippen LogP contribution in [0.5, 0.6) is 5.75 Å². The number of nitrogens with zero attached hydrogens (tertiary/aromatic N) is 3. The second-order valence-electron chi connectivity index (χ2n) is 18.5. The number of fused-ring (bicyclic) bond motifs is 3. The summed E-state index contributed by atoms with van der Waals surface area (Å²) in [7, 11) is 0. The Bertz CT molecular complexity index is 3310. The van der Waals surface area contributed by atoms with Crippen molar-refractivity contribution >= 4 is 32.6 Å². The number of imidazole rings is 1. The van der Waals surface area contributed by atoms with Crippen molar-refractivity contribution < 1.29 is 5.11 Å². The van der Waals surface area contributed by atoms with E-state index in [2.05, 4.69) is 222 Å². The number of rotatable bonds is 6. The molecule has 4 heteroatoms. The zero-order valence-corrected chi connectivity index (χ0v) is 36.1. The molecule has 302 valence electrons. The van der Waals surface area contributed by atoms with Crippen molar-refractivity contribution in [3.05, 3.63) is 193 Å². The molecule has 0 bridgehead atoms. The van der Waals surface area contributed by atoms with Gasteiger partial charge in [-0.2, -0.15) is 0 Å². The third kappa shape index (κ3) is 6.82. The van der Waals surface area contributed by atoms with Crippen molar-refractivity contribution in [1.82, 2.24) is 14.5 Å². The maximum atomic E-state index is 12.6. The molecule has 2 heterocycles. The van der Waals surface area contributed by atoms with Crippen molar-refractivity contribution in [1.29, 1.82) is 0 Å². The molecule has 0 spiro atoms. The number of para-hydroxylation sites is 1. The lowest BCUT2D eigenvalue weighted by molar-refractivity contribution is 0.446. The van der Waals surface area contributed by atoms with Gasteiger partial charge in [0.1, 0.15) is 11.6 Å². The van der Waals surface area contributed by atoms with Gasteiger partial charge in [-0.05, 0) is 85.8 Å². The molecule has 62 heavy (non-hydrogen) atoms. The highest BCUT2D eigenvalue weighted by atomic mass is 16.3. The number of benzene rings is 8. The summed E-state index contributed by atoms with van der Waals surface area (Å²) in [4.78, 5) is 10.7. The number of hydrogen-bond donors (Lipinski definition) is 1. The molecule has 10 rings (SSSR count). The second-order valence-corrected chi connectivity index (χ2v) is 18.5. The maximum absolute atomic E-state index is 12.6. The Morgan fingerprint density at radius 2 is 1.10 bits per heavy atom. The van der Waals surface area contributed by atoms with E-state index in [1.165, 1.54) is 0 Å². The van der Waals surface area contributed by atoms with Crippen LogP contribution in [0, 0.1) is 0 Å². The predicted molar refractivity (Wildman–Crippen MR) is 260 cm³/mol. The molecule has 0 saturated carbocycles. The van der Waals surface area contributed by atoms with Crippen LogP contribution in [-0.2, 0) is 10.8 Å². The van der Waals surface area contributed by atoms with Gasteiger partial charge in [0.25, 0.3) is 0 Å².